The molecule has 1 aliphatic rings. The summed E-state index contributed by atoms with van der Waals surface area (Å²) in [4.78, 5) is 13.4. The molecule has 0 saturated carbocycles. The SMILES string of the molecule is CCC(C)CS(=O)(=O)NC(CN1CCCC1=O)c1cccc(C(F)(F)F)c1. The Kier molecular flexibility index (Phi) is 6.91. The lowest BCUT2D eigenvalue weighted by Gasteiger charge is -2.26. The van der Waals surface area contributed by atoms with Crippen molar-refractivity contribution in [2.45, 2.75) is 45.3 Å². The van der Waals surface area contributed by atoms with Crippen molar-refractivity contribution in [3.05, 3.63) is 35.4 Å². The Morgan fingerprint density at radius 2 is 2.00 bits per heavy atom. The van der Waals surface area contributed by atoms with Gasteiger partial charge in [-0.1, -0.05) is 32.4 Å². The molecule has 9 heteroatoms. The predicted octanol–water partition coefficient (Wildman–Crippen LogP) is 3.33. The summed E-state index contributed by atoms with van der Waals surface area (Å²) < 4.78 is 66.6. The van der Waals surface area contributed by atoms with E-state index in [1.807, 2.05) is 6.92 Å². The third kappa shape index (κ3) is 6.21. The first-order valence-corrected chi connectivity index (χ1v) is 10.6. The molecule has 0 aliphatic carbocycles. The highest BCUT2D eigenvalue weighted by molar-refractivity contribution is 7.89. The molecule has 0 bridgehead atoms. The maximum atomic E-state index is 13.1. The molecule has 5 nitrogen and oxygen atoms in total. The topological polar surface area (TPSA) is 66.5 Å². The number of nitrogens with one attached hydrogen (secondary N) is 1. The third-order valence-corrected chi connectivity index (χ3v) is 6.36. The zero-order valence-corrected chi connectivity index (χ0v) is 16.2. The van der Waals surface area contributed by atoms with Gasteiger partial charge in [0.25, 0.3) is 0 Å². The Morgan fingerprint density at radius 1 is 1.30 bits per heavy atom. The molecule has 1 aliphatic heterocycles. The number of nitrogens with zero attached hydrogens (tertiary/aromatic N) is 1. The molecule has 1 aromatic rings. The van der Waals surface area contributed by atoms with Gasteiger partial charge in [-0.25, -0.2) is 13.1 Å². The van der Waals surface area contributed by atoms with Gasteiger partial charge in [-0.15, -0.1) is 0 Å². The third-order valence-electron chi connectivity index (χ3n) is 4.71. The number of carbonyl (C=O) groups excluding carboxylic acids is 1. The van der Waals surface area contributed by atoms with Gasteiger partial charge in [0.1, 0.15) is 0 Å². The van der Waals surface area contributed by atoms with Crippen LogP contribution in [0.15, 0.2) is 24.3 Å². The summed E-state index contributed by atoms with van der Waals surface area (Å²) in [6, 6.07) is 3.65. The van der Waals surface area contributed by atoms with E-state index in [2.05, 4.69) is 4.72 Å². The number of alkyl halides is 3. The molecule has 1 fully saturated rings. The minimum atomic E-state index is -4.53. The lowest BCUT2D eigenvalue weighted by molar-refractivity contribution is -0.137. The summed E-state index contributed by atoms with van der Waals surface area (Å²) in [6.07, 6.45) is -2.83. The standard InChI is InChI=1S/C18H25F3N2O3S/c1-3-13(2)12-27(25,26)22-16(11-23-9-5-8-17(23)24)14-6-4-7-15(10-14)18(19,20)21/h4,6-7,10,13,16,22H,3,5,8-9,11-12H2,1-2H3. The van der Waals surface area contributed by atoms with E-state index in [0.717, 1.165) is 12.1 Å². The summed E-state index contributed by atoms with van der Waals surface area (Å²) in [5.74, 6) is -0.321. The minimum Gasteiger partial charge on any atom is -0.341 e. The molecule has 27 heavy (non-hydrogen) atoms. The number of carbonyl (C=O) groups is 1. The number of hydrogen-bond acceptors (Lipinski definition) is 3. The highest BCUT2D eigenvalue weighted by Crippen LogP contribution is 2.31. The van der Waals surface area contributed by atoms with Gasteiger partial charge in [0.15, 0.2) is 0 Å². The van der Waals surface area contributed by atoms with E-state index in [0.29, 0.717) is 25.8 Å². The minimum absolute atomic E-state index is 0.0138. The van der Waals surface area contributed by atoms with Gasteiger partial charge >= 0.3 is 6.18 Å². The van der Waals surface area contributed by atoms with Crippen molar-refractivity contribution in [1.29, 1.82) is 0 Å². The summed E-state index contributed by atoms with van der Waals surface area (Å²) in [5.41, 5.74) is -0.656. The molecule has 2 atom stereocenters. The molecule has 152 valence electrons. The van der Waals surface area contributed by atoms with E-state index in [4.69, 9.17) is 0 Å². The summed E-state index contributed by atoms with van der Waals surface area (Å²) >= 11 is 0. The smallest absolute Gasteiger partial charge is 0.341 e. The van der Waals surface area contributed by atoms with Gasteiger partial charge < -0.3 is 4.90 Å². The fraction of sp³-hybridized carbons (Fsp3) is 0.611. The number of rotatable bonds is 8. The molecular weight excluding hydrogens is 381 g/mol. The second-order valence-electron chi connectivity index (χ2n) is 7.03. The van der Waals surface area contributed by atoms with Crippen LogP contribution in [0.1, 0.15) is 50.3 Å². The van der Waals surface area contributed by atoms with Crippen LogP contribution in [0.5, 0.6) is 0 Å². The van der Waals surface area contributed by atoms with E-state index in [9.17, 15) is 26.4 Å². The van der Waals surface area contributed by atoms with E-state index < -0.39 is 27.8 Å². The Hall–Kier alpha value is -1.61. The molecule has 2 unspecified atom stereocenters. The average Bonchev–Trinajstić information content (AvgIpc) is 2.98. The van der Waals surface area contributed by atoms with E-state index in [1.165, 1.54) is 17.0 Å². The maximum Gasteiger partial charge on any atom is 0.416 e. The van der Waals surface area contributed by atoms with Gasteiger partial charge in [0.2, 0.25) is 15.9 Å². The molecule has 2 rings (SSSR count). The maximum absolute atomic E-state index is 13.1. The quantitative estimate of drug-likeness (QED) is 0.720. The average molecular weight is 406 g/mol. The predicted molar refractivity (Wildman–Crippen MR) is 96.4 cm³/mol. The fourth-order valence-electron chi connectivity index (χ4n) is 3.02. The molecule has 1 N–H and O–H groups in total. The molecular formula is C18H25F3N2O3S. The second-order valence-corrected chi connectivity index (χ2v) is 8.83. The molecule has 1 amide bonds. The highest BCUT2D eigenvalue weighted by Gasteiger charge is 2.32. The summed E-state index contributed by atoms with van der Waals surface area (Å²) in [7, 11) is -3.72. The number of likely N-dealkylation sites (tertiary alicyclic amines) is 1. The number of halogens is 3. The van der Waals surface area contributed by atoms with Crippen LogP contribution in [0.25, 0.3) is 0 Å². The Labute approximate surface area is 158 Å². The number of benzene rings is 1. The van der Waals surface area contributed by atoms with Gasteiger partial charge in [-0.2, -0.15) is 13.2 Å². The second kappa shape index (κ2) is 8.60. The zero-order chi connectivity index (χ0) is 20.2. The van der Waals surface area contributed by atoms with Crippen LogP contribution in [-0.4, -0.2) is 38.1 Å². The molecule has 1 heterocycles. The molecule has 1 aromatic carbocycles. The van der Waals surface area contributed by atoms with Crippen LogP contribution >= 0.6 is 0 Å². The van der Waals surface area contributed by atoms with Crippen molar-refractivity contribution in [2.24, 2.45) is 5.92 Å². The van der Waals surface area contributed by atoms with Crippen molar-refractivity contribution in [2.75, 3.05) is 18.8 Å². The van der Waals surface area contributed by atoms with Crippen LogP contribution in [0.2, 0.25) is 0 Å². The molecule has 0 spiro atoms. The van der Waals surface area contributed by atoms with Crippen LogP contribution < -0.4 is 4.72 Å². The van der Waals surface area contributed by atoms with E-state index >= 15 is 0 Å². The van der Waals surface area contributed by atoms with Crippen molar-refractivity contribution in [3.8, 4) is 0 Å². The fourth-order valence-corrected chi connectivity index (χ4v) is 4.74. The normalized spacial score (nSPS) is 18.0. The van der Waals surface area contributed by atoms with E-state index in [-0.39, 0.29) is 29.7 Å². The molecule has 1 saturated heterocycles. The lowest BCUT2D eigenvalue weighted by Crippen LogP contribution is -2.40. The van der Waals surface area contributed by atoms with Crippen molar-refractivity contribution < 1.29 is 26.4 Å². The summed E-state index contributed by atoms with van der Waals surface area (Å²) in [5, 5.41) is 0. The van der Waals surface area contributed by atoms with E-state index in [1.54, 1.807) is 6.92 Å². The number of amides is 1. The van der Waals surface area contributed by atoms with Crippen molar-refractivity contribution in [1.82, 2.24) is 9.62 Å². The summed E-state index contributed by atoms with van der Waals surface area (Å²) in [6.45, 7) is 4.15. The van der Waals surface area contributed by atoms with Crippen LogP contribution in [0.4, 0.5) is 13.2 Å². The van der Waals surface area contributed by atoms with Gasteiger partial charge in [-0.05, 0) is 30.0 Å². The van der Waals surface area contributed by atoms with Crippen molar-refractivity contribution >= 4 is 15.9 Å². The van der Waals surface area contributed by atoms with Gasteiger partial charge in [-0.3, -0.25) is 4.79 Å². The van der Waals surface area contributed by atoms with Gasteiger partial charge in [0, 0.05) is 19.5 Å². The van der Waals surface area contributed by atoms with Crippen LogP contribution in [0.3, 0.4) is 0 Å². The Balaban J connectivity index is 2.31. The molecule has 0 radical (unpaired) electrons. The molecule has 0 aromatic heterocycles. The van der Waals surface area contributed by atoms with Crippen LogP contribution in [-0.2, 0) is 21.0 Å². The number of hydrogen-bond donors (Lipinski definition) is 1. The monoisotopic (exact) mass is 406 g/mol. The Morgan fingerprint density at radius 3 is 2.56 bits per heavy atom. The first-order chi connectivity index (χ1) is 12.5. The zero-order valence-electron chi connectivity index (χ0n) is 15.4. The Bertz CT molecular complexity index is 765. The number of sulfonamides is 1. The first-order valence-electron chi connectivity index (χ1n) is 8.96. The highest BCUT2D eigenvalue weighted by atomic mass is 32.2. The first kappa shape index (κ1) is 21.7. The van der Waals surface area contributed by atoms with Crippen molar-refractivity contribution in [3.63, 3.8) is 0 Å². The largest absolute Gasteiger partial charge is 0.416 e. The van der Waals surface area contributed by atoms with Crippen LogP contribution in [0, 0.1) is 5.92 Å². The van der Waals surface area contributed by atoms with Gasteiger partial charge in [0.05, 0.1) is 17.4 Å². The lowest BCUT2D eigenvalue weighted by atomic mass is 10.0.